The van der Waals surface area contributed by atoms with Crippen molar-refractivity contribution in [1.82, 2.24) is 4.67 Å². The molecule has 0 aromatic rings. The number of hydrogen-bond acceptors (Lipinski definition) is 2. The SMILES string of the molecule is CC(C)OP(Cl)N(C(C)C)C(C)C. The highest BCUT2D eigenvalue weighted by Gasteiger charge is 2.24. The number of hydrogen-bond donors (Lipinski definition) is 0. The van der Waals surface area contributed by atoms with Crippen LogP contribution in [0.5, 0.6) is 0 Å². The van der Waals surface area contributed by atoms with E-state index in [9.17, 15) is 0 Å². The molecule has 0 radical (unpaired) electrons. The van der Waals surface area contributed by atoms with Crippen LogP contribution in [0, 0.1) is 0 Å². The molecule has 0 saturated heterocycles. The summed E-state index contributed by atoms with van der Waals surface area (Å²) in [5.41, 5.74) is 0. The van der Waals surface area contributed by atoms with Crippen molar-refractivity contribution in [3.8, 4) is 0 Å². The van der Waals surface area contributed by atoms with Gasteiger partial charge in [-0.3, -0.25) is 0 Å². The lowest BCUT2D eigenvalue weighted by Gasteiger charge is -2.33. The molecular formula is C9H21ClNOP. The molecule has 80 valence electrons. The summed E-state index contributed by atoms with van der Waals surface area (Å²) in [6.45, 7) is 12.6. The molecule has 1 unspecified atom stereocenters. The van der Waals surface area contributed by atoms with Gasteiger partial charge in [0.2, 0.25) is 7.65 Å². The van der Waals surface area contributed by atoms with Gasteiger partial charge >= 0.3 is 0 Å². The Morgan fingerprint density at radius 2 is 1.38 bits per heavy atom. The molecule has 13 heavy (non-hydrogen) atoms. The van der Waals surface area contributed by atoms with Gasteiger partial charge in [-0.05, 0) is 52.8 Å². The van der Waals surface area contributed by atoms with E-state index in [1.165, 1.54) is 0 Å². The summed E-state index contributed by atoms with van der Waals surface area (Å²) in [7, 11) is -0.957. The largest absolute Gasteiger partial charge is 0.329 e. The molecule has 0 saturated carbocycles. The van der Waals surface area contributed by atoms with Gasteiger partial charge in [-0.1, -0.05) is 0 Å². The van der Waals surface area contributed by atoms with Crippen LogP contribution in [0.1, 0.15) is 41.5 Å². The molecule has 0 amide bonds. The third-order valence-electron chi connectivity index (χ3n) is 1.54. The summed E-state index contributed by atoms with van der Waals surface area (Å²) >= 11 is 6.20. The van der Waals surface area contributed by atoms with E-state index in [-0.39, 0.29) is 6.10 Å². The van der Waals surface area contributed by atoms with Crippen LogP contribution in [0.3, 0.4) is 0 Å². The summed E-state index contributed by atoms with van der Waals surface area (Å²) in [5, 5.41) is 0. The molecule has 0 fully saturated rings. The summed E-state index contributed by atoms with van der Waals surface area (Å²) in [5.74, 6) is 0. The second-order valence-electron chi connectivity index (χ2n) is 3.95. The monoisotopic (exact) mass is 225 g/mol. The third kappa shape index (κ3) is 5.17. The Labute approximate surface area is 88.3 Å². The molecule has 0 rings (SSSR count). The lowest BCUT2D eigenvalue weighted by Crippen LogP contribution is -2.32. The van der Waals surface area contributed by atoms with Gasteiger partial charge in [-0.15, -0.1) is 0 Å². The Balaban J connectivity index is 4.20. The van der Waals surface area contributed by atoms with E-state index in [4.69, 9.17) is 15.8 Å². The molecule has 0 aromatic heterocycles. The lowest BCUT2D eigenvalue weighted by molar-refractivity contribution is 0.223. The van der Waals surface area contributed by atoms with Crippen molar-refractivity contribution >= 4 is 18.9 Å². The Morgan fingerprint density at radius 3 is 1.62 bits per heavy atom. The van der Waals surface area contributed by atoms with Crippen molar-refractivity contribution in [2.24, 2.45) is 0 Å². The summed E-state index contributed by atoms with van der Waals surface area (Å²) in [6, 6.07) is 0.865. The Kier molecular flexibility index (Phi) is 6.49. The van der Waals surface area contributed by atoms with E-state index in [0.29, 0.717) is 12.1 Å². The maximum absolute atomic E-state index is 6.20. The van der Waals surface area contributed by atoms with Gasteiger partial charge in [0, 0.05) is 12.1 Å². The van der Waals surface area contributed by atoms with Crippen LogP contribution in [0.25, 0.3) is 0 Å². The Bertz CT molecular complexity index is 134. The van der Waals surface area contributed by atoms with Crippen LogP contribution < -0.4 is 0 Å². The minimum Gasteiger partial charge on any atom is -0.329 e. The maximum atomic E-state index is 6.20. The zero-order valence-corrected chi connectivity index (χ0v) is 11.1. The summed E-state index contributed by atoms with van der Waals surface area (Å²) < 4.78 is 7.80. The van der Waals surface area contributed by atoms with Crippen LogP contribution >= 0.6 is 18.9 Å². The average Bonchev–Trinajstić information content (AvgIpc) is 1.81. The van der Waals surface area contributed by atoms with Gasteiger partial charge in [-0.2, -0.15) is 0 Å². The van der Waals surface area contributed by atoms with Crippen molar-refractivity contribution in [1.29, 1.82) is 0 Å². The smallest absolute Gasteiger partial charge is 0.207 e. The normalized spacial score (nSPS) is 15.0. The summed E-state index contributed by atoms with van der Waals surface area (Å²) in [6.07, 6.45) is 0.198. The first-order valence-corrected chi connectivity index (χ1v) is 6.89. The predicted octanol–water partition coefficient (Wildman–Crippen LogP) is 4.00. The fourth-order valence-corrected chi connectivity index (χ4v) is 3.90. The molecule has 0 heterocycles. The van der Waals surface area contributed by atoms with Gasteiger partial charge in [0.15, 0.2) is 0 Å². The maximum Gasteiger partial charge on any atom is 0.207 e. The van der Waals surface area contributed by atoms with Gasteiger partial charge in [0.05, 0.1) is 6.10 Å². The molecule has 2 nitrogen and oxygen atoms in total. The topological polar surface area (TPSA) is 12.5 Å². The molecule has 0 aliphatic rings. The zero-order chi connectivity index (χ0) is 10.6. The second kappa shape index (κ2) is 6.19. The standard InChI is InChI=1S/C9H21ClNOP/c1-7(2)11(8(3)4)13(10)12-9(5)6/h7-9H,1-6H3. The Hall–Kier alpha value is 0.640. The van der Waals surface area contributed by atoms with Crippen LogP contribution in [0.4, 0.5) is 0 Å². The fourth-order valence-electron chi connectivity index (χ4n) is 1.19. The van der Waals surface area contributed by atoms with Crippen LogP contribution in [-0.2, 0) is 4.52 Å². The lowest BCUT2D eigenvalue weighted by atomic mass is 10.3. The molecule has 1 atom stereocenters. The minimum atomic E-state index is -0.957. The first kappa shape index (κ1) is 13.6. The van der Waals surface area contributed by atoms with Crippen LogP contribution in [-0.4, -0.2) is 22.9 Å². The Morgan fingerprint density at radius 1 is 1.00 bits per heavy atom. The van der Waals surface area contributed by atoms with Crippen molar-refractivity contribution in [3.05, 3.63) is 0 Å². The summed E-state index contributed by atoms with van der Waals surface area (Å²) in [4.78, 5) is 0. The molecular weight excluding hydrogens is 205 g/mol. The average molecular weight is 226 g/mol. The van der Waals surface area contributed by atoms with E-state index >= 15 is 0 Å². The molecule has 0 bridgehead atoms. The highest BCUT2D eigenvalue weighted by atomic mass is 35.7. The number of rotatable bonds is 5. The predicted molar refractivity (Wildman–Crippen MR) is 61.1 cm³/mol. The molecule has 0 aliphatic heterocycles. The first-order valence-electron chi connectivity index (χ1n) is 4.77. The zero-order valence-electron chi connectivity index (χ0n) is 9.41. The molecule has 0 aromatic carbocycles. The van der Waals surface area contributed by atoms with E-state index in [0.717, 1.165) is 0 Å². The van der Waals surface area contributed by atoms with Crippen molar-refractivity contribution in [2.45, 2.75) is 59.7 Å². The fraction of sp³-hybridized carbons (Fsp3) is 1.00. The van der Waals surface area contributed by atoms with Crippen molar-refractivity contribution < 1.29 is 4.52 Å². The van der Waals surface area contributed by atoms with E-state index in [1.54, 1.807) is 0 Å². The molecule has 4 heteroatoms. The highest BCUT2D eigenvalue weighted by molar-refractivity contribution is 7.78. The van der Waals surface area contributed by atoms with Gasteiger partial charge in [-0.25, -0.2) is 4.67 Å². The number of halogens is 1. The van der Waals surface area contributed by atoms with E-state index in [2.05, 4.69) is 32.4 Å². The van der Waals surface area contributed by atoms with E-state index in [1.807, 2.05) is 13.8 Å². The molecule has 0 N–H and O–H groups in total. The highest BCUT2D eigenvalue weighted by Crippen LogP contribution is 2.50. The minimum absolute atomic E-state index is 0.198. The van der Waals surface area contributed by atoms with Crippen molar-refractivity contribution in [3.63, 3.8) is 0 Å². The van der Waals surface area contributed by atoms with Crippen LogP contribution in [0.2, 0.25) is 0 Å². The number of nitrogens with zero attached hydrogens (tertiary/aromatic N) is 1. The van der Waals surface area contributed by atoms with E-state index < -0.39 is 7.65 Å². The third-order valence-corrected chi connectivity index (χ3v) is 4.18. The second-order valence-corrected chi connectivity index (χ2v) is 5.94. The molecule has 0 aliphatic carbocycles. The quantitative estimate of drug-likeness (QED) is 0.656. The van der Waals surface area contributed by atoms with Gasteiger partial charge < -0.3 is 4.52 Å². The van der Waals surface area contributed by atoms with Gasteiger partial charge in [0.1, 0.15) is 0 Å². The van der Waals surface area contributed by atoms with Gasteiger partial charge in [0.25, 0.3) is 0 Å². The molecule has 0 spiro atoms. The van der Waals surface area contributed by atoms with Crippen LogP contribution in [0.15, 0.2) is 0 Å². The first-order chi connectivity index (χ1) is 5.86. The van der Waals surface area contributed by atoms with Crippen molar-refractivity contribution in [2.75, 3.05) is 0 Å².